The Hall–Kier alpha value is -2.42. The SMILES string of the molecule is Cc1ccc2oc(C(=O)CCc3cccnc3)cc2c1. The maximum Gasteiger partial charge on any atom is 0.198 e. The first-order valence-corrected chi connectivity index (χ1v) is 6.65. The molecule has 0 amide bonds. The zero-order chi connectivity index (χ0) is 13.9. The number of aryl methyl sites for hydroxylation is 2. The van der Waals surface area contributed by atoms with Crippen LogP contribution in [-0.2, 0) is 6.42 Å². The number of aromatic nitrogens is 1. The van der Waals surface area contributed by atoms with Crippen molar-refractivity contribution < 1.29 is 9.21 Å². The molecule has 0 aliphatic rings. The molecule has 1 aromatic carbocycles. The standard InChI is InChI=1S/C17H15NO2/c1-12-4-7-16-14(9-12)10-17(20-16)15(19)6-5-13-3-2-8-18-11-13/h2-4,7-11H,5-6H2,1H3. The molecule has 0 atom stereocenters. The van der Waals surface area contributed by atoms with Gasteiger partial charge in [-0.05, 0) is 43.2 Å². The molecule has 2 heterocycles. The van der Waals surface area contributed by atoms with Crippen LogP contribution in [0, 0.1) is 6.92 Å². The Morgan fingerprint density at radius 1 is 1.25 bits per heavy atom. The smallest absolute Gasteiger partial charge is 0.198 e. The van der Waals surface area contributed by atoms with E-state index >= 15 is 0 Å². The van der Waals surface area contributed by atoms with E-state index in [0.717, 1.165) is 22.1 Å². The van der Waals surface area contributed by atoms with Crippen molar-refractivity contribution in [2.24, 2.45) is 0 Å². The fourth-order valence-corrected chi connectivity index (χ4v) is 2.23. The van der Waals surface area contributed by atoms with Gasteiger partial charge in [0.2, 0.25) is 0 Å². The summed E-state index contributed by atoms with van der Waals surface area (Å²) in [6.45, 7) is 2.02. The molecule has 0 spiro atoms. The first-order valence-electron chi connectivity index (χ1n) is 6.65. The average molecular weight is 265 g/mol. The molecule has 100 valence electrons. The second kappa shape index (κ2) is 5.29. The van der Waals surface area contributed by atoms with Crippen LogP contribution >= 0.6 is 0 Å². The second-order valence-electron chi connectivity index (χ2n) is 4.94. The lowest BCUT2D eigenvalue weighted by atomic mass is 10.1. The van der Waals surface area contributed by atoms with Crippen molar-refractivity contribution in [3.63, 3.8) is 0 Å². The molecule has 3 rings (SSSR count). The number of Topliss-reactive ketones (excluding diaryl/α,β-unsaturated/α-hetero) is 1. The van der Waals surface area contributed by atoms with Gasteiger partial charge in [0.25, 0.3) is 0 Å². The molecule has 0 saturated heterocycles. The maximum atomic E-state index is 12.2. The number of rotatable bonds is 4. The lowest BCUT2D eigenvalue weighted by Gasteiger charge is -1.98. The van der Waals surface area contributed by atoms with Gasteiger partial charge in [-0.25, -0.2) is 0 Å². The van der Waals surface area contributed by atoms with Crippen molar-refractivity contribution in [3.8, 4) is 0 Å². The van der Waals surface area contributed by atoms with E-state index in [2.05, 4.69) is 4.98 Å². The van der Waals surface area contributed by atoms with E-state index in [0.29, 0.717) is 18.6 Å². The van der Waals surface area contributed by atoms with E-state index in [1.165, 1.54) is 0 Å². The number of ketones is 1. The molecule has 0 aliphatic carbocycles. The quantitative estimate of drug-likeness (QED) is 0.671. The molecular weight excluding hydrogens is 250 g/mol. The minimum absolute atomic E-state index is 0.0303. The van der Waals surface area contributed by atoms with E-state index in [9.17, 15) is 4.79 Å². The molecule has 0 radical (unpaired) electrons. The zero-order valence-corrected chi connectivity index (χ0v) is 11.3. The summed E-state index contributed by atoms with van der Waals surface area (Å²) >= 11 is 0. The van der Waals surface area contributed by atoms with Gasteiger partial charge in [-0.3, -0.25) is 9.78 Å². The van der Waals surface area contributed by atoms with Gasteiger partial charge in [0.15, 0.2) is 11.5 Å². The molecule has 3 heteroatoms. The van der Waals surface area contributed by atoms with Crippen LogP contribution < -0.4 is 0 Å². The van der Waals surface area contributed by atoms with Crippen molar-refractivity contribution in [1.82, 2.24) is 4.98 Å². The fourth-order valence-electron chi connectivity index (χ4n) is 2.23. The number of carbonyl (C=O) groups is 1. The van der Waals surface area contributed by atoms with Crippen LogP contribution in [0.5, 0.6) is 0 Å². The molecule has 0 aliphatic heterocycles. The van der Waals surface area contributed by atoms with Crippen LogP contribution in [0.15, 0.2) is 53.2 Å². The molecule has 0 bridgehead atoms. The lowest BCUT2D eigenvalue weighted by Crippen LogP contribution is -1.99. The third-order valence-electron chi connectivity index (χ3n) is 3.31. The molecule has 3 aromatic rings. The van der Waals surface area contributed by atoms with Crippen molar-refractivity contribution >= 4 is 16.8 Å². The van der Waals surface area contributed by atoms with E-state index in [1.807, 2.05) is 43.3 Å². The van der Waals surface area contributed by atoms with E-state index in [-0.39, 0.29) is 5.78 Å². The fraction of sp³-hybridized carbons (Fsp3) is 0.176. The number of hydrogen-bond acceptors (Lipinski definition) is 3. The van der Waals surface area contributed by atoms with Crippen LogP contribution in [0.4, 0.5) is 0 Å². The summed E-state index contributed by atoms with van der Waals surface area (Å²) in [5.41, 5.74) is 2.99. The summed E-state index contributed by atoms with van der Waals surface area (Å²) in [6, 6.07) is 11.6. The Morgan fingerprint density at radius 2 is 2.15 bits per heavy atom. The van der Waals surface area contributed by atoms with Gasteiger partial charge >= 0.3 is 0 Å². The first kappa shape index (κ1) is 12.6. The molecular formula is C17H15NO2. The minimum atomic E-state index is 0.0303. The summed E-state index contributed by atoms with van der Waals surface area (Å²) in [6.07, 6.45) is 4.63. The molecule has 3 nitrogen and oxygen atoms in total. The Bertz CT molecular complexity index is 744. The van der Waals surface area contributed by atoms with Crippen molar-refractivity contribution in [2.75, 3.05) is 0 Å². The number of fused-ring (bicyclic) bond motifs is 1. The van der Waals surface area contributed by atoms with E-state index in [4.69, 9.17) is 4.42 Å². The highest BCUT2D eigenvalue weighted by Gasteiger charge is 2.12. The number of furan rings is 1. The van der Waals surface area contributed by atoms with Crippen molar-refractivity contribution in [3.05, 3.63) is 65.7 Å². The molecule has 20 heavy (non-hydrogen) atoms. The monoisotopic (exact) mass is 265 g/mol. The second-order valence-corrected chi connectivity index (χ2v) is 4.94. The van der Waals surface area contributed by atoms with E-state index in [1.54, 1.807) is 12.4 Å². The minimum Gasteiger partial charge on any atom is -0.453 e. The molecule has 0 unspecified atom stereocenters. The third kappa shape index (κ3) is 2.62. The van der Waals surface area contributed by atoms with Gasteiger partial charge < -0.3 is 4.42 Å². The van der Waals surface area contributed by atoms with E-state index < -0.39 is 0 Å². The number of pyridine rings is 1. The van der Waals surface area contributed by atoms with Gasteiger partial charge in [0.1, 0.15) is 5.58 Å². The third-order valence-corrected chi connectivity index (χ3v) is 3.31. The van der Waals surface area contributed by atoms with Crippen molar-refractivity contribution in [2.45, 2.75) is 19.8 Å². The number of benzene rings is 1. The molecule has 0 N–H and O–H groups in total. The Labute approximate surface area is 117 Å². The Morgan fingerprint density at radius 3 is 2.95 bits per heavy atom. The maximum absolute atomic E-state index is 12.2. The van der Waals surface area contributed by atoms with Crippen LogP contribution in [0.2, 0.25) is 0 Å². The van der Waals surface area contributed by atoms with Gasteiger partial charge in [-0.2, -0.15) is 0 Å². The summed E-state index contributed by atoms with van der Waals surface area (Å²) in [7, 11) is 0. The lowest BCUT2D eigenvalue weighted by molar-refractivity contribution is 0.0958. The highest BCUT2D eigenvalue weighted by molar-refractivity contribution is 5.97. The Kier molecular flexibility index (Phi) is 3.33. The normalized spacial score (nSPS) is 10.8. The van der Waals surface area contributed by atoms with Gasteiger partial charge in [0.05, 0.1) is 0 Å². The van der Waals surface area contributed by atoms with Gasteiger partial charge in [0, 0.05) is 24.2 Å². The average Bonchev–Trinajstić information content (AvgIpc) is 2.89. The Balaban J connectivity index is 1.75. The zero-order valence-electron chi connectivity index (χ0n) is 11.3. The van der Waals surface area contributed by atoms with Crippen LogP contribution in [-0.4, -0.2) is 10.8 Å². The molecule has 0 saturated carbocycles. The summed E-state index contributed by atoms with van der Waals surface area (Å²) in [5.74, 6) is 0.470. The van der Waals surface area contributed by atoms with Crippen LogP contribution in [0.3, 0.4) is 0 Å². The predicted octanol–water partition coefficient (Wildman–Crippen LogP) is 3.95. The topological polar surface area (TPSA) is 43.1 Å². The number of nitrogens with zero attached hydrogens (tertiary/aromatic N) is 1. The number of hydrogen-bond donors (Lipinski definition) is 0. The van der Waals surface area contributed by atoms with Gasteiger partial charge in [-0.15, -0.1) is 0 Å². The highest BCUT2D eigenvalue weighted by Crippen LogP contribution is 2.21. The van der Waals surface area contributed by atoms with Crippen molar-refractivity contribution in [1.29, 1.82) is 0 Å². The highest BCUT2D eigenvalue weighted by atomic mass is 16.3. The number of carbonyl (C=O) groups excluding carboxylic acids is 1. The summed E-state index contributed by atoms with van der Waals surface area (Å²) < 4.78 is 5.61. The first-order chi connectivity index (χ1) is 9.72. The largest absolute Gasteiger partial charge is 0.453 e. The summed E-state index contributed by atoms with van der Waals surface area (Å²) in [5, 5.41) is 0.981. The van der Waals surface area contributed by atoms with Gasteiger partial charge in [-0.1, -0.05) is 17.7 Å². The predicted molar refractivity (Wildman–Crippen MR) is 77.8 cm³/mol. The van der Waals surface area contributed by atoms with Crippen LogP contribution in [0.1, 0.15) is 28.1 Å². The molecule has 2 aromatic heterocycles. The summed E-state index contributed by atoms with van der Waals surface area (Å²) in [4.78, 5) is 16.2. The molecule has 0 fully saturated rings. The van der Waals surface area contributed by atoms with Crippen LogP contribution in [0.25, 0.3) is 11.0 Å².